The SMILES string of the molecule is Nc1ccc(COCCc2ccncc2)cc1. The van der Waals surface area contributed by atoms with Crippen molar-refractivity contribution >= 4 is 5.69 Å². The van der Waals surface area contributed by atoms with E-state index in [1.54, 1.807) is 12.4 Å². The summed E-state index contributed by atoms with van der Waals surface area (Å²) in [5.41, 5.74) is 8.79. The maximum Gasteiger partial charge on any atom is 0.0717 e. The van der Waals surface area contributed by atoms with Crippen LogP contribution in [0.2, 0.25) is 0 Å². The van der Waals surface area contributed by atoms with Gasteiger partial charge >= 0.3 is 0 Å². The van der Waals surface area contributed by atoms with E-state index in [2.05, 4.69) is 4.98 Å². The van der Waals surface area contributed by atoms with Gasteiger partial charge in [-0.2, -0.15) is 0 Å². The zero-order valence-electron chi connectivity index (χ0n) is 9.67. The van der Waals surface area contributed by atoms with E-state index in [0.29, 0.717) is 13.2 Å². The number of hydrogen-bond donors (Lipinski definition) is 1. The molecule has 0 unspecified atom stereocenters. The molecule has 2 N–H and O–H groups in total. The van der Waals surface area contributed by atoms with Crippen LogP contribution in [0.4, 0.5) is 5.69 Å². The number of nitrogens with two attached hydrogens (primary N) is 1. The summed E-state index contributed by atoms with van der Waals surface area (Å²) in [7, 11) is 0. The minimum Gasteiger partial charge on any atom is -0.399 e. The third kappa shape index (κ3) is 3.89. The van der Waals surface area contributed by atoms with E-state index in [4.69, 9.17) is 10.5 Å². The largest absolute Gasteiger partial charge is 0.399 e. The average molecular weight is 228 g/mol. The zero-order chi connectivity index (χ0) is 11.9. The molecule has 0 spiro atoms. The van der Waals surface area contributed by atoms with E-state index < -0.39 is 0 Å². The number of aromatic nitrogens is 1. The lowest BCUT2D eigenvalue weighted by Crippen LogP contribution is -1.99. The van der Waals surface area contributed by atoms with Gasteiger partial charge in [0.15, 0.2) is 0 Å². The molecule has 0 aliphatic carbocycles. The molecule has 0 aliphatic rings. The fourth-order valence-corrected chi connectivity index (χ4v) is 1.54. The minimum atomic E-state index is 0.630. The van der Waals surface area contributed by atoms with Crippen molar-refractivity contribution in [1.82, 2.24) is 4.98 Å². The van der Waals surface area contributed by atoms with Gasteiger partial charge in [-0.05, 0) is 41.8 Å². The Labute approximate surface area is 101 Å². The van der Waals surface area contributed by atoms with Gasteiger partial charge in [-0.3, -0.25) is 4.98 Å². The first-order chi connectivity index (χ1) is 8.34. The van der Waals surface area contributed by atoms with Crippen molar-refractivity contribution in [2.75, 3.05) is 12.3 Å². The molecule has 0 fully saturated rings. The van der Waals surface area contributed by atoms with Gasteiger partial charge in [0.05, 0.1) is 13.2 Å². The van der Waals surface area contributed by atoms with Gasteiger partial charge in [-0.1, -0.05) is 12.1 Å². The van der Waals surface area contributed by atoms with Crippen LogP contribution in [-0.2, 0) is 17.8 Å². The van der Waals surface area contributed by atoms with Crippen LogP contribution in [0.5, 0.6) is 0 Å². The van der Waals surface area contributed by atoms with E-state index in [-0.39, 0.29) is 0 Å². The first kappa shape index (κ1) is 11.6. The van der Waals surface area contributed by atoms with Crippen molar-refractivity contribution in [1.29, 1.82) is 0 Å². The first-order valence-corrected chi connectivity index (χ1v) is 5.65. The third-order valence-corrected chi connectivity index (χ3v) is 2.53. The fourth-order valence-electron chi connectivity index (χ4n) is 1.54. The Kier molecular flexibility index (Phi) is 4.11. The summed E-state index contributed by atoms with van der Waals surface area (Å²) in [6.45, 7) is 1.35. The van der Waals surface area contributed by atoms with Crippen LogP contribution >= 0.6 is 0 Å². The third-order valence-electron chi connectivity index (χ3n) is 2.53. The first-order valence-electron chi connectivity index (χ1n) is 5.65. The number of ether oxygens (including phenoxy) is 1. The van der Waals surface area contributed by atoms with E-state index in [9.17, 15) is 0 Å². The molecule has 1 aromatic carbocycles. The molecule has 0 bridgehead atoms. The van der Waals surface area contributed by atoms with Gasteiger partial charge in [-0.15, -0.1) is 0 Å². The number of benzene rings is 1. The Hall–Kier alpha value is -1.87. The maximum atomic E-state index is 5.61. The van der Waals surface area contributed by atoms with Crippen molar-refractivity contribution in [2.24, 2.45) is 0 Å². The smallest absolute Gasteiger partial charge is 0.0717 e. The summed E-state index contributed by atoms with van der Waals surface area (Å²) < 4.78 is 5.60. The Bertz CT molecular complexity index is 440. The molecule has 0 saturated carbocycles. The summed E-state index contributed by atoms with van der Waals surface area (Å²) in [4.78, 5) is 3.98. The van der Waals surface area contributed by atoms with E-state index >= 15 is 0 Å². The molecule has 0 atom stereocenters. The molecule has 2 rings (SSSR count). The van der Waals surface area contributed by atoms with Crippen LogP contribution in [0.3, 0.4) is 0 Å². The number of rotatable bonds is 5. The second-order valence-corrected chi connectivity index (χ2v) is 3.90. The number of anilines is 1. The van der Waals surface area contributed by atoms with Gasteiger partial charge in [0, 0.05) is 18.1 Å². The molecule has 17 heavy (non-hydrogen) atoms. The molecule has 88 valence electrons. The molecular weight excluding hydrogens is 212 g/mol. The van der Waals surface area contributed by atoms with Crippen LogP contribution in [0.1, 0.15) is 11.1 Å². The van der Waals surface area contributed by atoms with Crippen molar-refractivity contribution in [3.05, 3.63) is 59.9 Å². The fraction of sp³-hybridized carbons (Fsp3) is 0.214. The standard InChI is InChI=1S/C14H16N2O/c15-14-3-1-13(2-4-14)11-17-10-7-12-5-8-16-9-6-12/h1-6,8-9H,7,10-11,15H2. The van der Waals surface area contributed by atoms with Crippen LogP contribution in [-0.4, -0.2) is 11.6 Å². The van der Waals surface area contributed by atoms with Crippen molar-refractivity contribution < 1.29 is 4.74 Å². The number of pyridine rings is 1. The Morgan fingerprint density at radius 1 is 0.941 bits per heavy atom. The van der Waals surface area contributed by atoms with Crippen LogP contribution in [0.25, 0.3) is 0 Å². The monoisotopic (exact) mass is 228 g/mol. The van der Waals surface area contributed by atoms with E-state index in [0.717, 1.165) is 17.7 Å². The summed E-state index contributed by atoms with van der Waals surface area (Å²) >= 11 is 0. The number of hydrogen-bond acceptors (Lipinski definition) is 3. The van der Waals surface area contributed by atoms with E-state index in [1.165, 1.54) is 5.56 Å². The lowest BCUT2D eigenvalue weighted by molar-refractivity contribution is 0.124. The van der Waals surface area contributed by atoms with Gasteiger partial charge in [-0.25, -0.2) is 0 Å². The van der Waals surface area contributed by atoms with Crippen LogP contribution < -0.4 is 5.73 Å². The van der Waals surface area contributed by atoms with Gasteiger partial charge < -0.3 is 10.5 Å². The van der Waals surface area contributed by atoms with Crippen LogP contribution in [0, 0.1) is 0 Å². The van der Waals surface area contributed by atoms with Crippen molar-refractivity contribution in [3.63, 3.8) is 0 Å². The lowest BCUT2D eigenvalue weighted by Gasteiger charge is -2.04. The predicted octanol–water partition coefficient (Wildman–Crippen LogP) is 2.42. The second-order valence-electron chi connectivity index (χ2n) is 3.90. The zero-order valence-corrected chi connectivity index (χ0v) is 9.67. The molecule has 1 heterocycles. The molecule has 3 nitrogen and oxygen atoms in total. The molecule has 2 aromatic rings. The minimum absolute atomic E-state index is 0.630. The molecule has 0 radical (unpaired) electrons. The number of nitrogens with zero attached hydrogens (tertiary/aromatic N) is 1. The van der Waals surface area contributed by atoms with E-state index in [1.807, 2.05) is 36.4 Å². The number of nitrogen functional groups attached to an aromatic ring is 1. The quantitative estimate of drug-likeness (QED) is 0.631. The van der Waals surface area contributed by atoms with Gasteiger partial charge in [0.1, 0.15) is 0 Å². The molecule has 0 saturated heterocycles. The Morgan fingerprint density at radius 2 is 1.65 bits per heavy atom. The predicted molar refractivity (Wildman–Crippen MR) is 68.5 cm³/mol. The Morgan fingerprint density at radius 3 is 2.35 bits per heavy atom. The maximum absolute atomic E-state index is 5.61. The molecule has 0 aliphatic heterocycles. The topological polar surface area (TPSA) is 48.1 Å². The summed E-state index contributed by atoms with van der Waals surface area (Å²) in [6.07, 6.45) is 4.52. The highest BCUT2D eigenvalue weighted by Gasteiger charge is 1.95. The summed E-state index contributed by atoms with van der Waals surface area (Å²) in [5.74, 6) is 0. The lowest BCUT2D eigenvalue weighted by atomic mass is 10.2. The highest BCUT2D eigenvalue weighted by Crippen LogP contribution is 2.07. The average Bonchev–Trinajstić information content (AvgIpc) is 2.38. The Balaban J connectivity index is 1.71. The summed E-state index contributed by atoms with van der Waals surface area (Å²) in [6, 6.07) is 11.8. The molecule has 0 amide bonds. The van der Waals surface area contributed by atoms with Crippen molar-refractivity contribution in [2.45, 2.75) is 13.0 Å². The highest BCUT2D eigenvalue weighted by atomic mass is 16.5. The molecular formula is C14H16N2O. The van der Waals surface area contributed by atoms with Crippen molar-refractivity contribution in [3.8, 4) is 0 Å². The highest BCUT2D eigenvalue weighted by molar-refractivity contribution is 5.39. The van der Waals surface area contributed by atoms with Gasteiger partial charge in [0.2, 0.25) is 0 Å². The summed E-state index contributed by atoms with van der Waals surface area (Å²) in [5, 5.41) is 0. The second kappa shape index (κ2) is 6.01. The van der Waals surface area contributed by atoms with Gasteiger partial charge in [0.25, 0.3) is 0 Å². The molecule has 3 heteroatoms. The normalized spacial score (nSPS) is 10.4. The van der Waals surface area contributed by atoms with Crippen LogP contribution in [0.15, 0.2) is 48.8 Å². The molecule has 1 aromatic heterocycles.